The van der Waals surface area contributed by atoms with Crippen molar-refractivity contribution >= 4 is 5.91 Å². The van der Waals surface area contributed by atoms with Gasteiger partial charge >= 0.3 is 0 Å². The van der Waals surface area contributed by atoms with Crippen molar-refractivity contribution in [1.82, 2.24) is 10.2 Å². The monoisotopic (exact) mass is 262 g/mol. The summed E-state index contributed by atoms with van der Waals surface area (Å²) in [7, 11) is 0. The fourth-order valence-corrected chi connectivity index (χ4v) is 5.42. The lowest BCUT2D eigenvalue weighted by Crippen LogP contribution is -2.44. The van der Waals surface area contributed by atoms with Gasteiger partial charge in [-0.25, -0.2) is 0 Å². The van der Waals surface area contributed by atoms with Gasteiger partial charge in [-0.3, -0.25) is 10.1 Å². The Morgan fingerprint density at radius 1 is 1.26 bits per heavy atom. The van der Waals surface area contributed by atoms with Crippen molar-refractivity contribution in [2.45, 2.75) is 70.0 Å². The molecule has 1 spiro atoms. The van der Waals surface area contributed by atoms with E-state index >= 15 is 0 Å². The summed E-state index contributed by atoms with van der Waals surface area (Å²) in [5.74, 6) is 3.12. The molecular formula is C16H26N2O. The molecule has 1 N–H and O–H groups in total. The summed E-state index contributed by atoms with van der Waals surface area (Å²) in [5.41, 5.74) is -0.170. The van der Waals surface area contributed by atoms with Crippen LogP contribution in [0.1, 0.15) is 58.3 Å². The molecule has 106 valence electrons. The van der Waals surface area contributed by atoms with E-state index in [0.29, 0.717) is 5.91 Å². The van der Waals surface area contributed by atoms with E-state index < -0.39 is 0 Å². The molecule has 1 heterocycles. The molecule has 3 heteroatoms. The van der Waals surface area contributed by atoms with Crippen LogP contribution in [0.5, 0.6) is 0 Å². The minimum absolute atomic E-state index is 0.170. The lowest BCUT2D eigenvalue weighted by Gasteiger charge is -2.29. The molecule has 3 saturated carbocycles. The normalized spacial score (nSPS) is 43.8. The molecule has 4 fully saturated rings. The first kappa shape index (κ1) is 12.2. The number of hydrogen-bond donors (Lipinski definition) is 1. The maximum atomic E-state index is 12.8. The highest BCUT2D eigenvalue weighted by molar-refractivity contribution is 5.89. The second kappa shape index (κ2) is 4.21. The zero-order chi connectivity index (χ0) is 13.0. The van der Waals surface area contributed by atoms with Crippen LogP contribution in [0.15, 0.2) is 0 Å². The highest BCUT2D eigenvalue weighted by atomic mass is 16.2. The first-order valence-corrected chi connectivity index (χ1v) is 8.27. The summed E-state index contributed by atoms with van der Waals surface area (Å²) in [6, 6.07) is 0. The summed E-state index contributed by atoms with van der Waals surface area (Å²) in [5, 5.41) is 3.62. The number of hydrogen-bond acceptors (Lipinski definition) is 2. The Labute approximate surface area is 116 Å². The molecular weight excluding hydrogens is 236 g/mol. The Morgan fingerprint density at radius 2 is 2.05 bits per heavy atom. The summed E-state index contributed by atoms with van der Waals surface area (Å²) < 4.78 is 0. The number of carbonyl (C=O) groups excluding carboxylic acids is 1. The van der Waals surface area contributed by atoms with Crippen molar-refractivity contribution in [3.8, 4) is 0 Å². The van der Waals surface area contributed by atoms with Crippen molar-refractivity contribution in [2.24, 2.45) is 17.8 Å². The largest absolute Gasteiger partial charge is 0.326 e. The minimum atomic E-state index is -0.170. The standard InChI is InChI=1S/C16H26N2O/c1-11-17-16(6-2-3-7-16)15(19)18(11)10-14-9-12-4-5-13(14)8-12/h11-14,17H,2-10H2,1H3. The summed E-state index contributed by atoms with van der Waals surface area (Å²) in [6.45, 7) is 3.20. The van der Waals surface area contributed by atoms with Gasteiger partial charge in [0.15, 0.2) is 0 Å². The number of nitrogens with zero attached hydrogens (tertiary/aromatic N) is 1. The lowest BCUT2D eigenvalue weighted by atomic mass is 9.88. The van der Waals surface area contributed by atoms with Gasteiger partial charge in [0.1, 0.15) is 0 Å². The van der Waals surface area contributed by atoms with Crippen LogP contribution in [0.4, 0.5) is 0 Å². The average molecular weight is 262 g/mol. The Hall–Kier alpha value is -0.570. The molecule has 0 aromatic carbocycles. The molecule has 4 atom stereocenters. The van der Waals surface area contributed by atoms with Crippen molar-refractivity contribution < 1.29 is 4.79 Å². The highest BCUT2D eigenvalue weighted by Gasteiger charge is 2.52. The summed E-state index contributed by atoms with van der Waals surface area (Å²) >= 11 is 0. The molecule has 0 radical (unpaired) electrons. The van der Waals surface area contributed by atoms with E-state index in [9.17, 15) is 4.79 Å². The smallest absolute Gasteiger partial charge is 0.244 e. The van der Waals surface area contributed by atoms with Crippen LogP contribution in [-0.2, 0) is 4.79 Å². The quantitative estimate of drug-likeness (QED) is 0.829. The van der Waals surface area contributed by atoms with Crippen LogP contribution >= 0.6 is 0 Å². The Morgan fingerprint density at radius 3 is 2.68 bits per heavy atom. The van der Waals surface area contributed by atoms with Crippen molar-refractivity contribution in [3.05, 3.63) is 0 Å². The molecule has 1 aliphatic heterocycles. The molecule has 4 aliphatic rings. The Kier molecular flexibility index (Phi) is 2.70. The van der Waals surface area contributed by atoms with Gasteiger partial charge in [-0.1, -0.05) is 19.3 Å². The van der Waals surface area contributed by atoms with E-state index in [0.717, 1.165) is 37.1 Å². The maximum absolute atomic E-state index is 12.8. The molecule has 4 rings (SSSR count). The minimum Gasteiger partial charge on any atom is -0.326 e. The van der Waals surface area contributed by atoms with Gasteiger partial charge in [0.2, 0.25) is 5.91 Å². The lowest BCUT2D eigenvalue weighted by molar-refractivity contribution is -0.133. The second-order valence-corrected chi connectivity index (χ2v) is 7.50. The van der Waals surface area contributed by atoms with Gasteiger partial charge in [-0.2, -0.15) is 0 Å². The van der Waals surface area contributed by atoms with E-state index in [2.05, 4.69) is 17.1 Å². The first-order valence-electron chi connectivity index (χ1n) is 8.27. The Balaban J connectivity index is 1.47. The van der Waals surface area contributed by atoms with Gasteiger partial charge in [0, 0.05) is 6.54 Å². The highest BCUT2D eigenvalue weighted by Crippen LogP contribution is 2.49. The summed E-state index contributed by atoms with van der Waals surface area (Å²) in [6.07, 6.45) is 10.5. The van der Waals surface area contributed by atoms with Crippen LogP contribution in [0.2, 0.25) is 0 Å². The van der Waals surface area contributed by atoms with Crippen LogP contribution in [-0.4, -0.2) is 29.1 Å². The van der Waals surface area contributed by atoms with Gasteiger partial charge in [0.25, 0.3) is 0 Å². The predicted molar refractivity (Wildman–Crippen MR) is 74.4 cm³/mol. The van der Waals surface area contributed by atoms with Crippen LogP contribution in [0.3, 0.4) is 0 Å². The van der Waals surface area contributed by atoms with E-state index in [4.69, 9.17) is 0 Å². The van der Waals surface area contributed by atoms with Crippen molar-refractivity contribution in [1.29, 1.82) is 0 Å². The third kappa shape index (κ3) is 1.77. The van der Waals surface area contributed by atoms with E-state index in [1.54, 1.807) is 0 Å². The molecule has 1 amide bonds. The predicted octanol–water partition coefficient (Wildman–Crippen LogP) is 2.51. The van der Waals surface area contributed by atoms with Crippen molar-refractivity contribution in [3.63, 3.8) is 0 Å². The summed E-state index contributed by atoms with van der Waals surface area (Å²) in [4.78, 5) is 15.0. The van der Waals surface area contributed by atoms with E-state index in [1.807, 2.05) is 0 Å². The first-order chi connectivity index (χ1) is 9.18. The molecule has 1 saturated heterocycles. The van der Waals surface area contributed by atoms with Crippen LogP contribution < -0.4 is 5.32 Å². The maximum Gasteiger partial charge on any atom is 0.244 e. The molecule has 19 heavy (non-hydrogen) atoms. The molecule has 3 aliphatic carbocycles. The van der Waals surface area contributed by atoms with Crippen LogP contribution in [0.25, 0.3) is 0 Å². The van der Waals surface area contributed by atoms with Gasteiger partial charge < -0.3 is 4.90 Å². The van der Waals surface area contributed by atoms with E-state index in [1.165, 1.54) is 38.5 Å². The Bertz CT molecular complexity index is 388. The van der Waals surface area contributed by atoms with Gasteiger partial charge in [-0.15, -0.1) is 0 Å². The number of nitrogens with one attached hydrogen (secondary N) is 1. The molecule has 0 aromatic rings. The van der Waals surface area contributed by atoms with E-state index in [-0.39, 0.29) is 11.7 Å². The van der Waals surface area contributed by atoms with Gasteiger partial charge in [-0.05, 0) is 56.8 Å². The number of carbonyl (C=O) groups is 1. The fraction of sp³-hybridized carbons (Fsp3) is 0.938. The number of rotatable bonds is 2. The third-order valence-electron chi connectivity index (χ3n) is 6.40. The SMILES string of the molecule is CC1NC2(CCCC2)C(=O)N1CC1CC2CCC1C2. The molecule has 3 nitrogen and oxygen atoms in total. The van der Waals surface area contributed by atoms with Gasteiger partial charge in [0.05, 0.1) is 11.7 Å². The number of fused-ring (bicyclic) bond motifs is 2. The number of amides is 1. The van der Waals surface area contributed by atoms with Crippen LogP contribution in [0, 0.1) is 17.8 Å². The molecule has 4 unspecified atom stereocenters. The topological polar surface area (TPSA) is 32.3 Å². The fourth-order valence-electron chi connectivity index (χ4n) is 5.42. The average Bonchev–Trinajstić information content (AvgIpc) is 3.13. The third-order valence-corrected chi connectivity index (χ3v) is 6.40. The molecule has 0 aromatic heterocycles. The second-order valence-electron chi connectivity index (χ2n) is 7.50. The molecule has 2 bridgehead atoms. The van der Waals surface area contributed by atoms with Crippen molar-refractivity contribution in [2.75, 3.05) is 6.54 Å². The zero-order valence-corrected chi connectivity index (χ0v) is 12.0. The zero-order valence-electron chi connectivity index (χ0n) is 12.0.